The standard InChI is InChI=1S/C16H26FN3/c1-13(2)11-18-12-14-4-5-15(17)16(10-14)20-8-6-19(3)7-9-20/h4-5,10,13,18H,6-9,11-12H2,1-3H3. The van der Waals surface area contributed by atoms with Gasteiger partial charge in [0, 0.05) is 32.7 Å². The molecule has 4 heteroatoms. The molecule has 0 atom stereocenters. The number of benzene rings is 1. The van der Waals surface area contributed by atoms with Gasteiger partial charge in [0.15, 0.2) is 0 Å². The fourth-order valence-corrected chi connectivity index (χ4v) is 2.46. The molecule has 0 aliphatic carbocycles. The molecule has 1 saturated heterocycles. The molecule has 0 saturated carbocycles. The lowest BCUT2D eigenvalue weighted by Crippen LogP contribution is -2.44. The Bertz CT molecular complexity index is 426. The van der Waals surface area contributed by atoms with Crippen LogP contribution < -0.4 is 10.2 Å². The van der Waals surface area contributed by atoms with E-state index in [1.54, 1.807) is 6.07 Å². The van der Waals surface area contributed by atoms with E-state index < -0.39 is 0 Å². The van der Waals surface area contributed by atoms with E-state index in [9.17, 15) is 4.39 Å². The van der Waals surface area contributed by atoms with E-state index >= 15 is 0 Å². The van der Waals surface area contributed by atoms with Crippen molar-refractivity contribution in [2.75, 3.05) is 44.7 Å². The number of anilines is 1. The molecule has 0 radical (unpaired) electrons. The van der Waals surface area contributed by atoms with Crippen LogP contribution in [0.2, 0.25) is 0 Å². The summed E-state index contributed by atoms with van der Waals surface area (Å²) in [5.41, 5.74) is 1.91. The van der Waals surface area contributed by atoms with Gasteiger partial charge in [-0.05, 0) is 37.2 Å². The third-order valence-corrected chi connectivity index (χ3v) is 3.74. The molecule has 1 aliphatic rings. The van der Waals surface area contributed by atoms with Crippen LogP contribution in [0, 0.1) is 11.7 Å². The van der Waals surface area contributed by atoms with Crippen LogP contribution >= 0.6 is 0 Å². The highest BCUT2D eigenvalue weighted by Gasteiger charge is 2.17. The van der Waals surface area contributed by atoms with Gasteiger partial charge in [0.05, 0.1) is 5.69 Å². The monoisotopic (exact) mass is 279 g/mol. The fraction of sp³-hybridized carbons (Fsp3) is 0.625. The van der Waals surface area contributed by atoms with Crippen molar-refractivity contribution in [3.05, 3.63) is 29.6 Å². The Morgan fingerprint density at radius 2 is 1.90 bits per heavy atom. The number of hydrogen-bond acceptors (Lipinski definition) is 3. The zero-order chi connectivity index (χ0) is 14.5. The van der Waals surface area contributed by atoms with Gasteiger partial charge in [0.25, 0.3) is 0 Å². The molecular formula is C16H26FN3. The first kappa shape index (κ1) is 15.3. The first-order chi connectivity index (χ1) is 9.56. The summed E-state index contributed by atoms with van der Waals surface area (Å²) in [5, 5.41) is 3.41. The summed E-state index contributed by atoms with van der Waals surface area (Å²) < 4.78 is 14.0. The van der Waals surface area contributed by atoms with Gasteiger partial charge in [0.1, 0.15) is 5.82 Å². The van der Waals surface area contributed by atoms with Crippen molar-refractivity contribution in [2.24, 2.45) is 5.92 Å². The van der Waals surface area contributed by atoms with Crippen LogP contribution in [0.4, 0.5) is 10.1 Å². The molecule has 0 spiro atoms. The molecule has 1 heterocycles. The first-order valence-corrected chi connectivity index (χ1v) is 7.49. The third-order valence-electron chi connectivity index (χ3n) is 3.74. The van der Waals surface area contributed by atoms with Crippen molar-refractivity contribution in [2.45, 2.75) is 20.4 Å². The largest absolute Gasteiger partial charge is 0.367 e. The van der Waals surface area contributed by atoms with Crippen LogP contribution in [-0.2, 0) is 6.54 Å². The molecule has 1 aromatic carbocycles. The minimum Gasteiger partial charge on any atom is -0.367 e. The molecule has 1 N–H and O–H groups in total. The molecule has 3 nitrogen and oxygen atoms in total. The van der Waals surface area contributed by atoms with Crippen molar-refractivity contribution in [3.63, 3.8) is 0 Å². The van der Waals surface area contributed by atoms with Crippen molar-refractivity contribution < 1.29 is 4.39 Å². The predicted octanol–water partition coefficient (Wildman–Crippen LogP) is 2.32. The van der Waals surface area contributed by atoms with Gasteiger partial charge in [-0.3, -0.25) is 0 Å². The molecule has 20 heavy (non-hydrogen) atoms. The van der Waals surface area contributed by atoms with Gasteiger partial charge >= 0.3 is 0 Å². The van der Waals surface area contributed by atoms with Crippen molar-refractivity contribution in [1.82, 2.24) is 10.2 Å². The lowest BCUT2D eigenvalue weighted by molar-refractivity contribution is 0.311. The van der Waals surface area contributed by atoms with Crippen LogP contribution in [0.1, 0.15) is 19.4 Å². The Morgan fingerprint density at radius 3 is 2.55 bits per heavy atom. The fourth-order valence-electron chi connectivity index (χ4n) is 2.46. The van der Waals surface area contributed by atoms with E-state index in [2.05, 4.69) is 36.0 Å². The number of likely N-dealkylation sites (N-methyl/N-ethyl adjacent to an activating group) is 1. The minimum absolute atomic E-state index is 0.109. The zero-order valence-electron chi connectivity index (χ0n) is 12.8. The Balaban J connectivity index is 2.01. The first-order valence-electron chi connectivity index (χ1n) is 7.49. The van der Waals surface area contributed by atoms with Crippen LogP contribution in [0.3, 0.4) is 0 Å². The van der Waals surface area contributed by atoms with E-state index in [1.807, 2.05) is 12.1 Å². The summed E-state index contributed by atoms with van der Waals surface area (Å²) in [7, 11) is 2.11. The number of piperazine rings is 1. The average molecular weight is 279 g/mol. The Labute approximate surface area is 121 Å². The van der Waals surface area contributed by atoms with Crippen LogP contribution in [-0.4, -0.2) is 44.7 Å². The minimum atomic E-state index is -0.109. The van der Waals surface area contributed by atoms with E-state index in [0.717, 1.165) is 50.5 Å². The highest BCUT2D eigenvalue weighted by atomic mass is 19.1. The van der Waals surface area contributed by atoms with Crippen LogP contribution in [0.15, 0.2) is 18.2 Å². The van der Waals surface area contributed by atoms with Gasteiger partial charge in [-0.2, -0.15) is 0 Å². The maximum atomic E-state index is 14.0. The second kappa shape index (κ2) is 7.04. The molecule has 0 bridgehead atoms. The Kier molecular flexibility index (Phi) is 5.38. The smallest absolute Gasteiger partial charge is 0.146 e. The molecule has 2 rings (SSSR count). The Morgan fingerprint density at radius 1 is 1.20 bits per heavy atom. The second-order valence-corrected chi connectivity index (χ2v) is 6.10. The van der Waals surface area contributed by atoms with Gasteiger partial charge < -0.3 is 15.1 Å². The van der Waals surface area contributed by atoms with Crippen molar-refractivity contribution in [1.29, 1.82) is 0 Å². The molecule has 1 aliphatic heterocycles. The third kappa shape index (κ3) is 4.18. The second-order valence-electron chi connectivity index (χ2n) is 6.10. The summed E-state index contributed by atoms with van der Waals surface area (Å²) in [6.45, 7) is 9.96. The molecule has 1 fully saturated rings. The molecule has 0 aromatic heterocycles. The van der Waals surface area contributed by atoms with Gasteiger partial charge in [0.2, 0.25) is 0 Å². The predicted molar refractivity (Wildman–Crippen MR) is 82.7 cm³/mol. The lowest BCUT2D eigenvalue weighted by atomic mass is 10.1. The SMILES string of the molecule is CC(C)CNCc1ccc(F)c(N2CCN(C)CC2)c1. The highest BCUT2D eigenvalue weighted by Crippen LogP contribution is 2.22. The summed E-state index contributed by atoms with van der Waals surface area (Å²) >= 11 is 0. The number of hydrogen-bond donors (Lipinski definition) is 1. The van der Waals surface area contributed by atoms with Gasteiger partial charge in [-0.15, -0.1) is 0 Å². The topological polar surface area (TPSA) is 18.5 Å². The summed E-state index contributed by atoms with van der Waals surface area (Å²) in [6.07, 6.45) is 0. The summed E-state index contributed by atoms with van der Waals surface area (Å²) in [5.74, 6) is 0.523. The van der Waals surface area contributed by atoms with Gasteiger partial charge in [-0.1, -0.05) is 19.9 Å². The van der Waals surface area contributed by atoms with E-state index in [0.29, 0.717) is 5.92 Å². The number of nitrogens with zero attached hydrogens (tertiary/aromatic N) is 2. The molecule has 0 amide bonds. The normalized spacial score (nSPS) is 16.9. The molecule has 1 aromatic rings. The van der Waals surface area contributed by atoms with Crippen molar-refractivity contribution >= 4 is 5.69 Å². The molecular weight excluding hydrogens is 253 g/mol. The van der Waals surface area contributed by atoms with Gasteiger partial charge in [-0.25, -0.2) is 4.39 Å². The summed E-state index contributed by atoms with van der Waals surface area (Å²) in [6, 6.07) is 5.47. The van der Waals surface area contributed by atoms with E-state index in [-0.39, 0.29) is 5.82 Å². The molecule has 112 valence electrons. The zero-order valence-corrected chi connectivity index (χ0v) is 12.8. The molecule has 0 unspecified atom stereocenters. The maximum Gasteiger partial charge on any atom is 0.146 e. The summed E-state index contributed by atoms with van der Waals surface area (Å²) in [4.78, 5) is 4.43. The maximum absolute atomic E-state index is 14.0. The van der Waals surface area contributed by atoms with Crippen LogP contribution in [0.5, 0.6) is 0 Å². The average Bonchev–Trinajstić information content (AvgIpc) is 2.41. The van der Waals surface area contributed by atoms with Crippen LogP contribution in [0.25, 0.3) is 0 Å². The quantitative estimate of drug-likeness (QED) is 0.892. The highest BCUT2D eigenvalue weighted by molar-refractivity contribution is 5.50. The number of nitrogens with one attached hydrogen (secondary N) is 1. The number of rotatable bonds is 5. The number of halogens is 1. The Hall–Kier alpha value is -1.13. The van der Waals surface area contributed by atoms with E-state index in [1.165, 1.54) is 0 Å². The van der Waals surface area contributed by atoms with E-state index in [4.69, 9.17) is 0 Å². The van der Waals surface area contributed by atoms with Crippen molar-refractivity contribution in [3.8, 4) is 0 Å². The lowest BCUT2D eigenvalue weighted by Gasteiger charge is -2.34.